The molecule has 0 fully saturated rings. The molecule has 15 heavy (non-hydrogen) atoms. The molecule has 0 spiro atoms. The summed E-state index contributed by atoms with van der Waals surface area (Å²) in [5, 5.41) is 0. The van der Waals surface area contributed by atoms with Gasteiger partial charge in [0, 0.05) is 0 Å². The van der Waals surface area contributed by atoms with Gasteiger partial charge in [0.2, 0.25) is 0 Å². The second kappa shape index (κ2) is 4.42. The maximum atomic E-state index is 5.48. The van der Waals surface area contributed by atoms with Crippen LogP contribution in [-0.2, 0) is 6.16 Å². The highest BCUT2D eigenvalue weighted by Crippen LogP contribution is 2.41. The summed E-state index contributed by atoms with van der Waals surface area (Å²) in [5.74, 6) is 5.48. The van der Waals surface area contributed by atoms with Gasteiger partial charge in [-0.1, -0.05) is 6.07 Å². The molecular formula is C12H21N2P. The summed E-state index contributed by atoms with van der Waals surface area (Å²) in [6, 6.07) is 4.33. The molecule has 3 heteroatoms. The zero-order chi connectivity index (χ0) is 11.6. The van der Waals surface area contributed by atoms with E-state index in [2.05, 4.69) is 51.0 Å². The standard InChI is InChI=1S/C12H21N2P/c1-9-6-10(2)12(14-13)7-11(9)8-15(3,4)5/h6-7,14H,3,8,13H2,1-2,4-5H3. The molecule has 0 unspecified atom stereocenters. The van der Waals surface area contributed by atoms with E-state index < -0.39 is 6.89 Å². The lowest BCUT2D eigenvalue weighted by molar-refractivity contribution is 1.23. The van der Waals surface area contributed by atoms with E-state index in [0.29, 0.717) is 0 Å². The van der Waals surface area contributed by atoms with Crippen LogP contribution in [0.2, 0.25) is 0 Å². The first-order valence-electron chi connectivity index (χ1n) is 5.07. The van der Waals surface area contributed by atoms with E-state index in [1.54, 1.807) is 0 Å². The molecule has 0 amide bonds. The number of rotatable bonds is 3. The summed E-state index contributed by atoms with van der Waals surface area (Å²) in [7, 11) is 0. The lowest BCUT2D eigenvalue weighted by Crippen LogP contribution is -2.09. The number of benzene rings is 1. The third-order valence-corrected chi connectivity index (χ3v) is 3.63. The SMILES string of the molecule is C=P(C)(C)Cc1cc(NN)c(C)cc1C. The van der Waals surface area contributed by atoms with E-state index in [4.69, 9.17) is 5.84 Å². The Hall–Kier alpha value is -0.720. The van der Waals surface area contributed by atoms with E-state index >= 15 is 0 Å². The van der Waals surface area contributed by atoms with Gasteiger partial charge in [-0.05, 0) is 56.1 Å². The quantitative estimate of drug-likeness (QED) is 0.470. The maximum Gasteiger partial charge on any atom is 0.0517 e. The van der Waals surface area contributed by atoms with Crippen molar-refractivity contribution in [2.75, 3.05) is 18.8 Å². The third kappa shape index (κ3) is 3.40. The van der Waals surface area contributed by atoms with E-state index in [9.17, 15) is 0 Å². The zero-order valence-electron chi connectivity index (χ0n) is 10.1. The van der Waals surface area contributed by atoms with Gasteiger partial charge in [0.1, 0.15) is 0 Å². The summed E-state index contributed by atoms with van der Waals surface area (Å²) < 4.78 is 0. The number of aryl methyl sites for hydroxylation is 2. The van der Waals surface area contributed by atoms with Crippen molar-refractivity contribution in [2.24, 2.45) is 5.84 Å². The predicted octanol–water partition coefficient (Wildman–Crippen LogP) is 2.80. The Morgan fingerprint density at radius 2 is 1.87 bits per heavy atom. The Kier molecular flexibility index (Phi) is 3.64. The molecule has 0 saturated heterocycles. The number of nitrogens with one attached hydrogen (secondary N) is 1. The third-order valence-electron chi connectivity index (χ3n) is 2.44. The van der Waals surface area contributed by atoms with Crippen molar-refractivity contribution in [3.63, 3.8) is 0 Å². The van der Waals surface area contributed by atoms with Gasteiger partial charge in [0.15, 0.2) is 0 Å². The second-order valence-electron chi connectivity index (χ2n) is 4.83. The van der Waals surface area contributed by atoms with Gasteiger partial charge < -0.3 is 5.43 Å². The van der Waals surface area contributed by atoms with Crippen LogP contribution in [0, 0.1) is 13.8 Å². The number of anilines is 1. The van der Waals surface area contributed by atoms with Crippen molar-refractivity contribution in [1.29, 1.82) is 0 Å². The lowest BCUT2D eigenvalue weighted by Gasteiger charge is -2.17. The number of hydrogen-bond acceptors (Lipinski definition) is 2. The fraction of sp³-hybridized carbons (Fsp3) is 0.417. The van der Waals surface area contributed by atoms with Crippen molar-refractivity contribution in [1.82, 2.24) is 0 Å². The number of nitrogen functional groups attached to an aromatic ring is 1. The highest BCUT2D eigenvalue weighted by Gasteiger charge is 2.07. The van der Waals surface area contributed by atoms with E-state index in [-0.39, 0.29) is 0 Å². The fourth-order valence-electron chi connectivity index (χ4n) is 1.68. The van der Waals surface area contributed by atoms with Gasteiger partial charge in [-0.2, -0.15) is 0 Å². The van der Waals surface area contributed by atoms with E-state index in [0.717, 1.165) is 11.8 Å². The van der Waals surface area contributed by atoms with Crippen molar-refractivity contribution >= 4 is 18.9 Å². The van der Waals surface area contributed by atoms with Crippen molar-refractivity contribution in [2.45, 2.75) is 20.0 Å². The number of hydrogen-bond donors (Lipinski definition) is 2. The first-order valence-corrected chi connectivity index (χ1v) is 8.13. The average molecular weight is 224 g/mol. The zero-order valence-corrected chi connectivity index (χ0v) is 11.0. The normalized spacial score (nSPS) is 11.5. The van der Waals surface area contributed by atoms with Crippen LogP contribution in [-0.4, -0.2) is 19.6 Å². The Morgan fingerprint density at radius 1 is 1.27 bits per heavy atom. The largest absolute Gasteiger partial charge is 0.324 e. The molecule has 0 aliphatic rings. The molecule has 0 atom stereocenters. The van der Waals surface area contributed by atoms with Crippen LogP contribution in [0.25, 0.3) is 0 Å². The minimum atomic E-state index is -1.03. The van der Waals surface area contributed by atoms with E-state index in [1.807, 2.05) is 0 Å². The summed E-state index contributed by atoms with van der Waals surface area (Å²) in [6.07, 6.45) is 5.32. The Morgan fingerprint density at radius 3 is 2.33 bits per heavy atom. The molecule has 0 aromatic heterocycles. The molecule has 1 rings (SSSR count). The highest BCUT2D eigenvalue weighted by molar-refractivity contribution is 7.71. The molecule has 3 N–H and O–H groups in total. The maximum absolute atomic E-state index is 5.48. The van der Waals surface area contributed by atoms with Crippen molar-refractivity contribution < 1.29 is 0 Å². The molecule has 0 bridgehead atoms. The predicted molar refractivity (Wildman–Crippen MR) is 73.3 cm³/mol. The topological polar surface area (TPSA) is 38.0 Å². The van der Waals surface area contributed by atoms with Crippen LogP contribution in [0.3, 0.4) is 0 Å². The summed E-state index contributed by atoms with van der Waals surface area (Å²) >= 11 is 0. The molecule has 0 aliphatic carbocycles. The minimum absolute atomic E-state index is 1.02. The highest BCUT2D eigenvalue weighted by atomic mass is 31.2. The van der Waals surface area contributed by atoms with Crippen LogP contribution in [0.5, 0.6) is 0 Å². The summed E-state index contributed by atoms with van der Waals surface area (Å²) in [5.41, 5.74) is 7.65. The van der Waals surface area contributed by atoms with Gasteiger partial charge in [-0.3, -0.25) is 5.84 Å². The molecule has 0 saturated carbocycles. The first-order chi connectivity index (χ1) is 6.83. The Bertz CT molecular complexity index is 404. The van der Waals surface area contributed by atoms with Gasteiger partial charge in [-0.15, -0.1) is 13.2 Å². The Labute approximate surface area is 92.8 Å². The average Bonchev–Trinajstić information content (AvgIpc) is 2.07. The van der Waals surface area contributed by atoms with Crippen LogP contribution >= 0.6 is 6.89 Å². The monoisotopic (exact) mass is 224 g/mol. The van der Waals surface area contributed by atoms with Crippen LogP contribution in [0.15, 0.2) is 12.1 Å². The first kappa shape index (κ1) is 12.4. The molecule has 84 valence electrons. The summed E-state index contributed by atoms with van der Waals surface area (Å²) in [4.78, 5) is 0. The molecule has 2 nitrogen and oxygen atoms in total. The number of nitrogens with two attached hydrogens (primary N) is 1. The molecule has 1 aromatic rings. The number of hydrazine groups is 1. The molecule has 1 aromatic carbocycles. The van der Waals surface area contributed by atoms with Gasteiger partial charge >= 0.3 is 0 Å². The molecule has 0 heterocycles. The van der Waals surface area contributed by atoms with Gasteiger partial charge in [0.05, 0.1) is 5.69 Å². The van der Waals surface area contributed by atoms with Crippen molar-refractivity contribution in [3.8, 4) is 0 Å². The second-order valence-corrected chi connectivity index (χ2v) is 9.02. The Balaban J connectivity index is 3.13. The van der Waals surface area contributed by atoms with Crippen LogP contribution in [0.1, 0.15) is 16.7 Å². The molecule has 0 aliphatic heterocycles. The smallest absolute Gasteiger partial charge is 0.0517 e. The fourth-order valence-corrected chi connectivity index (χ4v) is 2.95. The van der Waals surface area contributed by atoms with Crippen LogP contribution in [0.4, 0.5) is 5.69 Å². The molecular weight excluding hydrogens is 203 g/mol. The van der Waals surface area contributed by atoms with E-state index in [1.165, 1.54) is 16.7 Å². The minimum Gasteiger partial charge on any atom is -0.324 e. The van der Waals surface area contributed by atoms with Crippen molar-refractivity contribution in [3.05, 3.63) is 28.8 Å². The van der Waals surface area contributed by atoms with Gasteiger partial charge in [0.25, 0.3) is 0 Å². The molecule has 0 radical (unpaired) electrons. The van der Waals surface area contributed by atoms with Crippen LogP contribution < -0.4 is 11.3 Å². The summed E-state index contributed by atoms with van der Waals surface area (Å²) in [6.45, 7) is 7.69. The lowest BCUT2D eigenvalue weighted by atomic mass is 10.1. The van der Waals surface area contributed by atoms with Gasteiger partial charge in [-0.25, -0.2) is 0 Å².